The first-order chi connectivity index (χ1) is 16.2. The Kier molecular flexibility index (Phi) is 7.03. The average Bonchev–Trinajstić information content (AvgIpc) is 3.18. The number of unbranched alkanes of at least 4 members (excludes halogenated alkanes) is 3. The number of nitriles is 2. The summed E-state index contributed by atoms with van der Waals surface area (Å²) in [5, 5.41) is 20.2. The highest BCUT2D eigenvalue weighted by atomic mass is 15.0. The molecule has 0 radical (unpaired) electrons. The molecule has 0 saturated heterocycles. The maximum atomic E-state index is 8.82. The van der Waals surface area contributed by atoms with Crippen molar-refractivity contribution >= 4 is 27.9 Å². The molecule has 0 aliphatic rings. The molecule has 4 rings (SSSR count). The average molecular weight is 430 g/mol. The lowest BCUT2D eigenvalue weighted by molar-refractivity contribution is 0.602. The Balaban J connectivity index is 1.64. The van der Waals surface area contributed by atoms with Crippen molar-refractivity contribution in [3.05, 3.63) is 90.0 Å². The molecule has 0 amide bonds. The fourth-order valence-corrected chi connectivity index (χ4v) is 4.31. The zero-order valence-electron chi connectivity index (χ0n) is 19.0. The molecule has 3 aromatic carbocycles. The van der Waals surface area contributed by atoms with Gasteiger partial charge < -0.3 is 4.57 Å². The minimum Gasteiger partial charge on any atom is -0.340 e. The number of hydrogen-bond donors (Lipinski definition) is 0. The van der Waals surface area contributed by atoms with Crippen molar-refractivity contribution in [1.82, 2.24) is 4.57 Å². The molecule has 0 aliphatic heterocycles. The lowest BCUT2D eigenvalue weighted by Gasteiger charge is -2.08. The van der Waals surface area contributed by atoms with E-state index in [0.717, 1.165) is 12.1 Å². The van der Waals surface area contributed by atoms with Crippen molar-refractivity contribution in [2.75, 3.05) is 0 Å². The molecule has 0 unspecified atom stereocenters. The van der Waals surface area contributed by atoms with Crippen LogP contribution in [0.4, 0.5) is 0 Å². The van der Waals surface area contributed by atoms with E-state index in [1.807, 2.05) is 18.2 Å². The number of aryl methyl sites for hydroxylation is 1. The lowest BCUT2D eigenvalue weighted by Crippen LogP contribution is -1.97. The van der Waals surface area contributed by atoms with Crippen LogP contribution in [0.3, 0.4) is 0 Å². The standard InChI is InChI=1S/C30H27N3/c1-2-3-4-7-19-33-29-12-6-5-11-27(29)28-20-26(17-18-30(28)33)25-15-13-23(14-16-25)9-8-10-24(21-31)22-32/h5-6,8-18,20H,2-4,7,19H2,1H3. The van der Waals surface area contributed by atoms with Crippen molar-refractivity contribution in [2.45, 2.75) is 39.2 Å². The van der Waals surface area contributed by atoms with Crippen LogP contribution in [0.2, 0.25) is 0 Å². The van der Waals surface area contributed by atoms with Gasteiger partial charge in [0.1, 0.15) is 17.7 Å². The maximum Gasteiger partial charge on any atom is 0.129 e. The van der Waals surface area contributed by atoms with Crippen molar-refractivity contribution < 1.29 is 0 Å². The van der Waals surface area contributed by atoms with E-state index in [9.17, 15) is 0 Å². The quantitative estimate of drug-likeness (QED) is 0.162. The van der Waals surface area contributed by atoms with Crippen LogP contribution in [0.5, 0.6) is 0 Å². The SMILES string of the molecule is CCCCCCn1c2ccccc2c2cc(-c3ccc(C=CC=C(C#N)C#N)cc3)ccc21. The van der Waals surface area contributed by atoms with Crippen LogP contribution in [0, 0.1) is 22.7 Å². The summed E-state index contributed by atoms with van der Waals surface area (Å²) in [5.74, 6) is 0. The second-order valence-electron chi connectivity index (χ2n) is 8.25. The molecule has 0 N–H and O–H groups in total. The number of hydrogen-bond acceptors (Lipinski definition) is 2. The summed E-state index contributed by atoms with van der Waals surface area (Å²) in [5.41, 5.74) is 6.09. The van der Waals surface area contributed by atoms with Crippen molar-refractivity contribution in [2.24, 2.45) is 0 Å². The van der Waals surface area contributed by atoms with Crippen LogP contribution in [0.1, 0.15) is 38.2 Å². The predicted molar refractivity (Wildman–Crippen MR) is 137 cm³/mol. The third kappa shape index (κ3) is 4.89. The molecule has 1 aromatic heterocycles. The molecule has 0 aliphatic carbocycles. The first-order valence-corrected chi connectivity index (χ1v) is 11.5. The Morgan fingerprint density at radius 3 is 2.30 bits per heavy atom. The minimum atomic E-state index is 0.0979. The molecule has 0 spiro atoms. The highest BCUT2D eigenvalue weighted by Crippen LogP contribution is 2.33. The molecular formula is C30H27N3. The number of para-hydroxylation sites is 1. The Morgan fingerprint density at radius 2 is 1.55 bits per heavy atom. The molecule has 0 fully saturated rings. The summed E-state index contributed by atoms with van der Waals surface area (Å²) in [6.45, 7) is 3.30. The zero-order chi connectivity index (χ0) is 23.0. The van der Waals surface area contributed by atoms with E-state index in [-0.39, 0.29) is 5.57 Å². The largest absolute Gasteiger partial charge is 0.340 e. The van der Waals surface area contributed by atoms with Gasteiger partial charge in [0.2, 0.25) is 0 Å². The molecule has 0 atom stereocenters. The van der Waals surface area contributed by atoms with E-state index < -0.39 is 0 Å². The molecular weight excluding hydrogens is 402 g/mol. The van der Waals surface area contributed by atoms with Gasteiger partial charge in [-0.2, -0.15) is 10.5 Å². The molecule has 1 heterocycles. The zero-order valence-corrected chi connectivity index (χ0v) is 19.0. The van der Waals surface area contributed by atoms with Crippen LogP contribution >= 0.6 is 0 Å². The first kappa shape index (κ1) is 22.1. The Labute approximate surface area is 195 Å². The molecule has 0 bridgehead atoms. The summed E-state index contributed by atoms with van der Waals surface area (Å²) < 4.78 is 2.47. The molecule has 0 saturated carbocycles. The molecule has 33 heavy (non-hydrogen) atoms. The summed E-state index contributed by atoms with van der Waals surface area (Å²) in [6.07, 6.45) is 10.2. The second-order valence-corrected chi connectivity index (χ2v) is 8.25. The van der Waals surface area contributed by atoms with E-state index >= 15 is 0 Å². The van der Waals surface area contributed by atoms with Gasteiger partial charge >= 0.3 is 0 Å². The van der Waals surface area contributed by atoms with Crippen LogP contribution in [-0.4, -0.2) is 4.57 Å². The fourth-order valence-electron chi connectivity index (χ4n) is 4.31. The summed E-state index contributed by atoms with van der Waals surface area (Å²) in [4.78, 5) is 0. The molecule has 162 valence electrons. The van der Waals surface area contributed by atoms with E-state index in [1.54, 1.807) is 6.08 Å². The Morgan fingerprint density at radius 1 is 0.818 bits per heavy atom. The number of benzene rings is 3. The molecule has 3 heteroatoms. The molecule has 3 nitrogen and oxygen atoms in total. The summed E-state index contributed by atoms with van der Waals surface area (Å²) in [6, 6.07) is 27.5. The van der Waals surface area contributed by atoms with Crippen LogP contribution < -0.4 is 0 Å². The minimum absolute atomic E-state index is 0.0979. The monoisotopic (exact) mass is 429 g/mol. The van der Waals surface area contributed by atoms with Gasteiger partial charge in [0.15, 0.2) is 0 Å². The lowest BCUT2D eigenvalue weighted by atomic mass is 10.0. The third-order valence-electron chi connectivity index (χ3n) is 6.04. The second kappa shape index (κ2) is 10.5. The van der Waals surface area contributed by atoms with Crippen molar-refractivity contribution in [3.63, 3.8) is 0 Å². The summed E-state index contributed by atoms with van der Waals surface area (Å²) in [7, 11) is 0. The van der Waals surface area contributed by atoms with Gasteiger partial charge in [0.25, 0.3) is 0 Å². The Bertz CT molecular complexity index is 1390. The maximum absolute atomic E-state index is 8.82. The van der Waals surface area contributed by atoms with Crippen LogP contribution in [0.25, 0.3) is 39.0 Å². The van der Waals surface area contributed by atoms with E-state index in [0.29, 0.717) is 0 Å². The van der Waals surface area contributed by atoms with Gasteiger partial charge in [0.05, 0.1) is 0 Å². The number of allylic oxidation sites excluding steroid dienone is 3. The predicted octanol–water partition coefficient (Wildman–Crippen LogP) is 8.03. The van der Waals surface area contributed by atoms with Crippen molar-refractivity contribution in [1.29, 1.82) is 10.5 Å². The summed E-state index contributed by atoms with van der Waals surface area (Å²) >= 11 is 0. The van der Waals surface area contributed by atoms with E-state index in [4.69, 9.17) is 10.5 Å². The highest BCUT2D eigenvalue weighted by molar-refractivity contribution is 6.09. The third-order valence-corrected chi connectivity index (χ3v) is 6.04. The van der Waals surface area contributed by atoms with Crippen molar-refractivity contribution in [3.8, 4) is 23.3 Å². The van der Waals surface area contributed by atoms with Gasteiger partial charge in [-0.3, -0.25) is 0 Å². The number of nitrogens with zero attached hydrogens (tertiary/aromatic N) is 3. The van der Waals surface area contributed by atoms with E-state index in [1.165, 1.54) is 64.7 Å². The Hall–Kier alpha value is -4.08. The van der Waals surface area contributed by atoms with Gasteiger partial charge in [0, 0.05) is 28.4 Å². The topological polar surface area (TPSA) is 52.5 Å². The number of rotatable bonds is 8. The van der Waals surface area contributed by atoms with Gasteiger partial charge in [-0.05, 0) is 47.4 Å². The van der Waals surface area contributed by atoms with Crippen LogP contribution in [0.15, 0.2) is 84.5 Å². The fraction of sp³-hybridized carbons (Fsp3) is 0.200. The molecule has 4 aromatic rings. The number of aromatic nitrogens is 1. The van der Waals surface area contributed by atoms with Gasteiger partial charge in [-0.25, -0.2) is 0 Å². The van der Waals surface area contributed by atoms with Gasteiger partial charge in [-0.1, -0.05) is 86.9 Å². The normalized spacial score (nSPS) is 11.0. The van der Waals surface area contributed by atoms with Gasteiger partial charge in [-0.15, -0.1) is 0 Å². The van der Waals surface area contributed by atoms with Crippen LogP contribution in [-0.2, 0) is 6.54 Å². The smallest absolute Gasteiger partial charge is 0.129 e. The first-order valence-electron chi connectivity index (χ1n) is 11.5. The highest BCUT2D eigenvalue weighted by Gasteiger charge is 2.11. The van der Waals surface area contributed by atoms with E-state index in [2.05, 4.69) is 78.2 Å². The number of fused-ring (bicyclic) bond motifs is 3.